The van der Waals surface area contributed by atoms with Crippen molar-refractivity contribution in [2.75, 3.05) is 11.4 Å². The molecule has 2 aromatic carbocycles. The molecule has 0 radical (unpaired) electrons. The van der Waals surface area contributed by atoms with Crippen LogP contribution < -0.4 is 10.5 Å². The van der Waals surface area contributed by atoms with Gasteiger partial charge in [0, 0.05) is 17.5 Å². The Kier molecular flexibility index (Phi) is 3.88. The molecule has 0 spiro atoms. The molecule has 0 bridgehead atoms. The number of carbonyl (C=O) groups is 1. The number of hydrogen-bond acceptors (Lipinski definition) is 4. The highest BCUT2D eigenvalue weighted by Gasteiger charge is 2.18. The normalized spacial score (nSPS) is 11.2. The third kappa shape index (κ3) is 2.71. The molecule has 0 aliphatic rings. The number of anilines is 1. The molecule has 0 saturated carbocycles. The predicted molar refractivity (Wildman–Crippen MR) is 103 cm³/mol. The number of fused-ring (bicyclic) bond motifs is 2. The van der Waals surface area contributed by atoms with Crippen molar-refractivity contribution in [3.63, 3.8) is 0 Å². The van der Waals surface area contributed by atoms with E-state index in [2.05, 4.69) is 20.2 Å². The number of aromatic nitrogens is 4. The number of H-pyrrole nitrogens is 2. The third-order valence-electron chi connectivity index (χ3n) is 4.57. The molecule has 1 amide bonds. The van der Waals surface area contributed by atoms with Crippen LogP contribution in [-0.4, -0.2) is 37.9 Å². The summed E-state index contributed by atoms with van der Waals surface area (Å²) in [5.41, 5.74) is 3.53. The van der Waals surface area contributed by atoms with Crippen molar-refractivity contribution in [3.05, 3.63) is 52.3 Å². The van der Waals surface area contributed by atoms with Crippen molar-refractivity contribution in [3.8, 4) is 11.3 Å². The maximum Gasteiger partial charge on any atom is 0.414 e. The first-order valence-electron chi connectivity index (χ1n) is 8.48. The molecular weight excluding hydrogens is 346 g/mol. The quantitative estimate of drug-likeness (QED) is 0.517. The molecule has 2 heterocycles. The van der Waals surface area contributed by atoms with E-state index in [0.717, 1.165) is 26.9 Å². The second-order valence-corrected chi connectivity index (χ2v) is 6.22. The summed E-state index contributed by atoms with van der Waals surface area (Å²) in [5, 5.41) is 17.4. The van der Waals surface area contributed by atoms with Gasteiger partial charge in [-0.05, 0) is 37.6 Å². The summed E-state index contributed by atoms with van der Waals surface area (Å²) in [4.78, 5) is 32.0. The zero-order chi connectivity index (χ0) is 19.1. The number of imidazole rings is 1. The Balaban J connectivity index is 1.94. The van der Waals surface area contributed by atoms with Crippen LogP contribution in [0.25, 0.3) is 33.1 Å². The number of benzene rings is 2. The first-order chi connectivity index (χ1) is 13.0. The van der Waals surface area contributed by atoms with Crippen molar-refractivity contribution in [2.45, 2.75) is 13.8 Å². The van der Waals surface area contributed by atoms with Crippen molar-refractivity contribution in [2.24, 2.45) is 0 Å². The molecule has 8 heteroatoms. The van der Waals surface area contributed by atoms with Crippen LogP contribution in [0.5, 0.6) is 0 Å². The molecule has 0 aliphatic carbocycles. The van der Waals surface area contributed by atoms with E-state index >= 15 is 0 Å². The van der Waals surface area contributed by atoms with Gasteiger partial charge < -0.3 is 10.1 Å². The van der Waals surface area contributed by atoms with Gasteiger partial charge in [0.1, 0.15) is 0 Å². The lowest BCUT2D eigenvalue weighted by Crippen LogP contribution is -2.29. The highest BCUT2D eigenvalue weighted by Crippen LogP contribution is 2.30. The zero-order valence-corrected chi connectivity index (χ0v) is 14.8. The molecule has 4 rings (SSSR count). The van der Waals surface area contributed by atoms with Gasteiger partial charge in [0.2, 0.25) is 5.95 Å². The molecule has 0 atom stereocenters. The average molecular weight is 363 g/mol. The zero-order valence-electron chi connectivity index (χ0n) is 14.8. The minimum absolute atomic E-state index is 0.241. The smallest absolute Gasteiger partial charge is 0.414 e. The van der Waals surface area contributed by atoms with Gasteiger partial charge in [0.15, 0.2) is 0 Å². The molecule has 136 valence electrons. The topological polar surface area (TPSA) is 115 Å². The fraction of sp³-hybridized carbons (Fsp3) is 0.158. The standard InChI is InChI=1S/C19H17N5O3/c1-3-24(19(26)27)18-20-14-8-10(2)13(9-15(14)21-18)16-11-6-4-5-7-12(11)17(25)23-22-16/h4-9H,3H2,1-2H3,(H,20,21)(H,23,25)(H,26,27). The Morgan fingerprint density at radius 2 is 1.96 bits per heavy atom. The van der Waals surface area contributed by atoms with Gasteiger partial charge >= 0.3 is 6.09 Å². The molecule has 0 unspecified atom stereocenters. The van der Waals surface area contributed by atoms with Crippen LogP contribution in [0.2, 0.25) is 0 Å². The van der Waals surface area contributed by atoms with E-state index in [1.165, 1.54) is 0 Å². The summed E-state index contributed by atoms with van der Waals surface area (Å²) in [6.45, 7) is 3.97. The minimum Gasteiger partial charge on any atom is -0.465 e. The lowest BCUT2D eigenvalue weighted by molar-refractivity contribution is 0.202. The number of carboxylic acid groups (broad SMARTS) is 1. The number of aromatic amines is 2. The highest BCUT2D eigenvalue weighted by atomic mass is 16.4. The minimum atomic E-state index is -1.07. The van der Waals surface area contributed by atoms with Crippen LogP contribution in [0, 0.1) is 6.92 Å². The number of nitrogens with zero attached hydrogens (tertiary/aromatic N) is 3. The number of amides is 1. The SMILES string of the molecule is CCN(C(=O)O)c1nc2cc(-c3n[nH]c(=O)c4ccccc34)c(C)cc2[nH]1. The van der Waals surface area contributed by atoms with Gasteiger partial charge in [-0.3, -0.25) is 4.79 Å². The van der Waals surface area contributed by atoms with Crippen LogP contribution in [0.3, 0.4) is 0 Å². The Morgan fingerprint density at radius 1 is 1.22 bits per heavy atom. The van der Waals surface area contributed by atoms with Gasteiger partial charge in [-0.2, -0.15) is 5.10 Å². The van der Waals surface area contributed by atoms with Gasteiger partial charge in [-0.15, -0.1) is 0 Å². The van der Waals surface area contributed by atoms with Crippen molar-refractivity contribution >= 4 is 33.8 Å². The summed E-state index contributed by atoms with van der Waals surface area (Å²) in [6.07, 6.45) is -1.07. The molecule has 0 fully saturated rings. The van der Waals surface area contributed by atoms with Crippen LogP contribution in [0.1, 0.15) is 12.5 Å². The Morgan fingerprint density at radius 3 is 2.67 bits per heavy atom. The number of nitrogens with one attached hydrogen (secondary N) is 2. The van der Waals surface area contributed by atoms with E-state index in [9.17, 15) is 14.7 Å². The molecule has 0 saturated heterocycles. The third-order valence-corrected chi connectivity index (χ3v) is 4.57. The van der Waals surface area contributed by atoms with E-state index in [-0.39, 0.29) is 18.1 Å². The van der Waals surface area contributed by atoms with Crippen LogP contribution in [-0.2, 0) is 0 Å². The fourth-order valence-corrected chi connectivity index (χ4v) is 3.23. The van der Waals surface area contributed by atoms with E-state index in [0.29, 0.717) is 16.6 Å². The van der Waals surface area contributed by atoms with E-state index in [4.69, 9.17) is 0 Å². The highest BCUT2D eigenvalue weighted by molar-refractivity contribution is 5.97. The maximum atomic E-state index is 12.0. The summed E-state index contributed by atoms with van der Waals surface area (Å²) >= 11 is 0. The second-order valence-electron chi connectivity index (χ2n) is 6.22. The van der Waals surface area contributed by atoms with Crippen molar-refractivity contribution < 1.29 is 9.90 Å². The predicted octanol–water partition coefficient (Wildman–Crippen LogP) is 3.28. The monoisotopic (exact) mass is 363 g/mol. The summed E-state index contributed by atoms with van der Waals surface area (Å²) in [7, 11) is 0. The molecular formula is C19H17N5O3. The maximum absolute atomic E-state index is 12.0. The Bertz CT molecular complexity index is 1240. The molecule has 0 aliphatic heterocycles. The van der Waals surface area contributed by atoms with Crippen molar-refractivity contribution in [1.29, 1.82) is 0 Å². The van der Waals surface area contributed by atoms with Gasteiger partial charge in [0.05, 0.1) is 22.1 Å². The summed E-state index contributed by atoms with van der Waals surface area (Å²) < 4.78 is 0. The first kappa shape index (κ1) is 16.8. The lowest BCUT2D eigenvalue weighted by atomic mass is 10.0. The Labute approximate surface area is 153 Å². The van der Waals surface area contributed by atoms with E-state index in [1.807, 2.05) is 37.3 Å². The summed E-state index contributed by atoms with van der Waals surface area (Å²) in [5.74, 6) is 0.274. The molecule has 2 aromatic heterocycles. The molecule has 8 nitrogen and oxygen atoms in total. The lowest BCUT2D eigenvalue weighted by Gasteiger charge is -2.12. The largest absolute Gasteiger partial charge is 0.465 e. The molecule has 4 aromatic rings. The number of hydrogen-bond donors (Lipinski definition) is 3. The molecule has 3 N–H and O–H groups in total. The Hall–Kier alpha value is -3.68. The molecule has 27 heavy (non-hydrogen) atoms. The van der Waals surface area contributed by atoms with E-state index in [1.54, 1.807) is 13.0 Å². The van der Waals surface area contributed by atoms with E-state index < -0.39 is 6.09 Å². The number of aryl methyl sites for hydroxylation is 1. The average Bonchev–Trinajstić information content (AvgIpc) is 3.04. The summed E-state index contributed by atoms with van der Waals surface area (Å²) in [6, 6.07) is 11.0. The van der Waals surface area contributed by atoms with Gasteiger partial charge in [-0.25, -0.2) is 19.8 Å². The first-order valence-corrected chi connectivity index (χ1v) is 8.48. The van der Waals surface area contributed by atoms with Crippen LogP contribution >= 0.6 is 0 Å². The fourth-order valence-electron chi connectivity index (χ4n) is 3.23. The van der Waals surface area contributed by atoms with Crippen LogP contribution in [0.15, 0.2) is 41.2 Å². The number of rotatable bonds is 3. The van der Waals surface area contributed by atoms with Crippen LogP contribution in [0.4, 0.5) is 10.7 Å². The second kappa shape index (κ2) is 6.24. The van der Waals surface area contributed by atoms with Gasteiger partial charge in [-0.1, -0.05) is 18.2 Å². The van der Waals surface area contributed by atoms with Gasteiger partial charge in [0.25, 0.3) is 5.56 Å². The van der Waals surface area contributed by atoms with Crippen molar-refractivity contribution in [1.82, 2.24) is 20.2 Å².